The maximum absolute atomic E-state index is 13.1. The Morgan fingerprint density at radius 3 is 2.42 bits per heavy atom. The predicted molar refractivity (Wildman–Crippen MR) is 101 cm³/mol. The molecule has 5 nitrogen and oxygen atoms in total. The van der Waals surface area contributed by atoms with Crippen molar-refractivity contribution in [3.8, 4) is 0 Å². The molecule has 3 aromatic rings. The van der Waals surface area contributed by atoms with Crippen LogP contribution in [0.2, 0.25) is 0 Å². The molecule has 0 aliphatic heterocycles. The first-order valence-corrected chi connectivity index (χ1v) is 8.68. The second-order valence-electron chi connectivity index (χ2n) is 5.45. The molecule has 0 amide bonds. The van der Waals surface area contributed by atoms with Crippen molar-refractivity contribution in [2.24, 2.45) is 0 Å². The van der Waals surface area contributed by atoms with Crippen LogP contribution < -0.4 is 10.9 Å². The topological polar surface area (TPSA) is 67.2 Å². The summed E-state index contributed by atoms with van der Waals surface area (Å²) < 4.78 is 13.1. The highest BCUT2D eigenvalue weighted by atomic mass is 32.2. The highest BCUT2D eigenvalue weighted by molar-refractivity contribution is 7.99. The Kier molecular flexibility index (Phi) is 5.83. The quantitative estimate of drug-likeness (QED) is 0.453. The van der Waals surface area contributed by atoms with E-state index in [1.165, 1.54) is 30.0 Å². The summed E-state index contributed by atoms with van der Waals surface area (Å²) in [6.07, 6.45) is 0. The maximum atomic E-state index is 13.1. The molecule has 0 bridgehead atoms. The van der Waals surface area contributed by atoms with E-state index in [-0.39, 0.29) is 11.5 Å². The fourth-order valence-corrected chi connectivity index (χ4v) is 3.23. The number of rotatable bonds is 7. The largest absolute Gasteiger partial charge is 0.321 e. The van der Waals surface area contributed by atoms with E-state index >= 15 is 0 Å². The molecule has 132 valence electrons. The van der Waals surface area contributed by atoms with Crippen LogP contribution >= 0.6 is 11.8 Å². The minimum atomic E-state index is -0.416. The van der Waals surface area contributed by atoms with Gasteiger partial charge in [-0.15, -0.1) is 0 Å². The maximum Gasteiger partial charge on any atom is 0.269 e. The SMILES string of the molecule is O=[N+]([O-])c1ccc(Sc2ccc(F)cc2)c(CNNc2ccccc2)c1. The molecule has 2 N–H and O–H groups in total. The Hall–Kier alpha value is -2.90. The molecule has 26 heavy (non-hydrogen) atoms. The van der Waals surface area contributed by atoms with Crippen molar-refractivity contribution in [3.05, 3.63) is 94.3 Å². The Balaban J connectivity index is 1.77. The number of hydrazine groups is 1. The van der Waals surface area contributed by atoms with Gasteiger partial charge in [-0.2, -0.15) is 0 Å². The Labute approximate surface area is 154 Å². The third kappa shape index (κ3) is 4.81. The minimum absolute atomic E-state index is 0.0324. The van der Waals surface area contributed by atoms with E-state index in [9.17, 15) is 14.5 Å². The van der Waals surface area contributed by atoms with Gasteiger partial charge in [0.05, 0.1) is 4.92 Å². The summed E-state index contributed by atoms with van der Waals surface area (Å²) in [5.74, 6) is -0.299. The second-order valence-corrected chi connectivity index (χ2v) is 6.57. The lowest BCUT2D eigenvalue weighted by molar-refractivity contribution is -0.385. The number of benzene rings is 3. The van der Waals surface area contributed by atoms with Crippen molar-refractivity contribution in [1.29, 1.82) is 0 Å². The number of halogens is 1. The summed E-state index contributed by atoms with van der Waals surface area (Å²) in [6, 6.07) is 20.4. The van der Waals surface area contributed by atoms with Gasteiger partial charge in [0.2, 0.25) is 0 Å². The van der Waals surface area contributed by atoms with Crippen molar-refractivity contribution in [2.75, 3.05) is 5.43 Å². The predicted octanol–water partition coefficient (Wildman–Crippen LogP) is 5.00. The molecular formula is C19H16FN3O2S. The highest BCUT2D eigenvalue weighted by Gasteiger charge is 2.12. The molecule has 0 aliphatic carbocycles. The van der Waals surface area contributed by atoms with Gasteiger partial charge < -0.3 is 5.43 Å². The number of hydrogen-bond acceptors (Lipinski definition) is 5. The molecule has 0 aliphatic rings. The Morgan fingerprint density at radius 1 is 1.00 bits per heavy atom. The number of para-hydroxylation sites is 1. The Bertz CT molecular complexity index is 889. The van der Waals surface area contributed by atoms with Crippen molar-refractivity contribution >= 4 is 23.1 Å². The molecule has 0 fully saturated rings. The molecule has 3 aromatic carbocycles. The minimum Gasteiger partial charge on any atom is -0.321 e. The van der Waals surface area contributed by atoms with Crippen LogP contribution in [-0.2, 0) is 6.54 Å². The standard InChI is InChI=1S/C19H16FN3O2S/c20-15-6-9-18(10-7-15)26-19-11-8-17(23(24)25)12-14(19)13-21-22-16-4-2-1-3-5-16/h1-12,21-22H,13H2. The van der Waals surface area contributed by atoms with Crippen molar-refractivity contribution in [2.45, 2.75) is 16.3 Å². The van der Waals surface area contributed by atoms with E-state index in [1.807, 2.05) is 30.3 Å². The second kappa shape index (κ2) is 8.46. The van der Waals surface area contributed by atoms with E-state index < -0.39 is 4.92 Å². The number of hydrogen-bond donors (Lipinski definition) is 2. The summed E-state index contributed by atoms with van der Waals surface area (Å²) in [7, 11) is 0. The van der Waals surface area contributed by atoms with Gasteiger partial charge in [0, 0.05) is 34.2 Å². The fraction of sp³-hybridized carbons (Fsp3) is 0.0526. The summed E-state index contributed by atoms with van der Waals surface area (Å²) in [5.41, 5.74) is 7.84. The van der Waals surface area contributed by atoms with Gasteiger partial charge in [-0.1, -0.05) is 30.0 Å². The van der Waals surface area contributed by atoms with Crippen molar-refractivity contribution in [1.82, 2.24) is 5.43 Å². The van der Waals surface area contributed by atoms with Gasteiger partial charge in [0.1, 0.15) is 5.82 Å². The van der Waals surface area contributed by atoms with Crippen LogP contribution in [0.1, 0.15) is 5.56 Å². The fourth-order valence-electron chi connectivity index (χ4n) is 2.31. The molecule has 0 spiro atoms. The first-order chi connectivity index (χ1) is 12.6. The average molecular weight is 369 g/mol. The van der Waals surface area contributed by atoms with Gasteiger partial charge >= 0.3 is 0 Å². The molecular weight excluding hydrogens is 353 g/mol. The first kappa shape index (κ1) is 17.9. The lowest BCUT2D eigenvalue weighted by atomic mass is 10.2. The van der Waals surface area contributed by atoms with Gasteiger partial charge in [-0.05, 0) is 48.0 Å². The van der Waals surface area contributed by atoms with Gasteiger partial charge in [0.25, 0.3) is 5.69 Å². The van der Waals surface area contributed by atoms with E-state index in [0.717, 1.165) is 21.0 Å². The van der Waals surface area contributed by atoms with Gasteiger partial charge in [0.15, 0.2) is 0 Å². The molecule has 0 unspecified atom stereocenters. The molecule has 0 heterocycles. The van der Waals surface area contributed by atoms with Crippen LogP contribution in [0.3, 0.4) is 0 Å². The third-order valence-electron chi connectivity index (χ3n) is 3.58. The highest BCUT2D eigenvalue weighted by Crippen LogP contribution is 2.32. The number of non-ortho nitro benzene ring substituents is 1. The molecule has 0 aromatic heterocycles. The lowest BCUT2D eigenvalue weighted by Gasteiger charge is -2.12. The van der Waals surface area contributed by atoms with E-state index in [0.29, 0.717) is 6.54 Å². The number of anilines is 1. The summed E-state index contributed by atoms with van der Waals surface area (Å²) in [6.45, 7) is 0.389. The van der Waals surface area contributed by atoms with Crippen LogP contribution in [-0.4, -0.2) is 4.92 Å². The number of nitrogens with zero attached hydrogens (tertiary/aromatic N) is 1. The third-order valence-corrected chi connectivity index (χ3v) is 4.71. The van der Waals surface area contributed by atoms with Crippen LogP contribution in [0, 0.1) is 15.9 Å². The molecule has 0 saturated heterocycles. The molecule has 0 saturated carbocycles. The van der Waals surface area contributed by atoms with E-state index in [4.69, 9.17) is 0 Å². The van der Waals surface area contributed by atoms with Crippen molar-refractivity contribution in [3.63, 3.8) is 0 Å². The first-order valence-electron chi connectivity index (χ1n) is 7.86. The molecule has 7 heteroatoms. The van der Waals surface area contributed by atoms with Crippen LogP contribution in [0.4, 0.5) is 15.8 Å². The van der Waals surface area contributed by atoms with Crippen LogP contribution in [0.15, 0.2) is 82.6 Å². The van der Waals surface area contributed by atoms with E-state index in [1.54, 1.807) is 24.3 Å². The zero-order valence-corrected chi connectivity index (χ0v) is 14.5. The average Bonchev–Trinajstić information content (AvgIpc) is 2.65. The van der Waals surface area contributed by atoms with Crippen LogP contribution in [0.25, 0.3) is 0 Å². The molecule has 0 atom stereocenters. The zero-order valence-electron chi connectivity index (χ0n) is 13.7. The summed E-state index contributed by atoms with van der Waals surface area (Å²) in [5, 5.41) is 11.1. The van der Waals surface area contributed by atoms with Crippen LogP contribution in [0.5, 0.6) is 0 Å². The van der Waals surface area contributed by atoms with Gasteiger partial charge in [-0.25, -0.2) is 9.82 Å². The van der Waals surface area contributed by atoms with E-state index in [2.05, 4.69) is 10.9 Å². The monoisotopic (exact) mass is 369 g/mol. The van der Waals surface area contributed by atoms with Crippen molar-refractivity contribution < 1.29 is 9.31 Å². The Morgan fingerprint density at radius 2 is 1.73 bits per heavy atom. The molecule has 0 radical (unpaired) electrons. The number of nitrogens with one attached hydrogen (secondary N) is 2. The molecule has 3 rings (SSSR count). The lowest BCUT2D eigenvalue weighted by Crippen LogP contribution is -2.21. The zero-order chi connectivity index (χ0) is 18.4. The summed E-state index contributed by atoms with van der Waals surface area (Å²) >= 11 is 1.43. The number of nitro benzene ring substituents is 1. The normalized spacial score (nSPS) is 10.5. The summed E-state index contributed by atoms with van der Waals surface area (Å²) in [4.78, 5) is 12.4. The van der Waals surface area contributed by atoms with Gasteiger partial charge in [-0.3, -0.25) is 10.1 Å². The number of nitro groups is 1. The smallest absolute Gasteiger partial charge is 0.269 e.